The molecule has 4 nitrogen and oxygen atoms in total. The minimum atomic E-state index is -0.202. The van der Waals surface area contributed by atoms with Crippen molar-refractivity contribution in [3.8, 4) is 5.75 Å². The fourth-order valence-corrected chi connectivity index (χ4v) is 1.32. The molecule has 1 aromatic carbocycles. The molecule has 0 radical (unpaired) electrons. The Labute approximate surface area is 100 Å². The summed E-state index contributed by atoms with van der Waals surface area (Å²) in [4.78, 5) is 11.3. The van der Waals surface area contributed by atoms with Crippen molar-refractivity contribution >= 4 is 11.5 Å². The third-order valence-electron chi connectivity index (χ3n) is 2.26. The van der Waals surface area contributed by atoms with Crippen LogP contribution in [0.25, 0.3) is 5.76 Å². The van der Waals surface area contributed by atoms with Crippen LogP contribution in [0.4, 0.5) is 0 Å². The van der Waals surface area contributed by atoms with E-state index < -0.39 is 0 Å². The fraction of sp³-hybridized carbons (Fsp3) is 0.308. The van der Waals surface area contributed by atoms with E-state index in [-0.39, 0.29) is 24.6 Å². The summed E-state index contributed by atoms with van der Waals surface area (Å²) in [6.45, 7) is -0.0249. The Bertz CT molecular complexity index is 392. The highest BCUT2D eigenvalue weighted by atomic mass is 16.5. The Morgan fingerprint density at radius 1 is 1.35 bits per heavy atom. The molecular formula is C13H16O4. The van der Waals surface area contributed by atoms with Crippen molar-refractivity contribution in [2.24, 2.45) is 0 Å². The van der Waals surface area contributed by atoms with Crippen molar-refractivity contribution < 1.29 is 19.7 Å². The SMILES string of the molecule is COc1ccc(C(O)=CC(=O)CCCO)cc1. The largest absolute Gasteiger partial charge is 0.507 e. The first-order valence-corrected chi connectivity index (χ1v) is 5.36. The third kappa shape index (κ3) is 4.28. The van der Waals surface area contributed by atoms with Gasteiger partial charge in [-0.2, -0.15) is 0 Å². The van der Waals surface area contributed by atoms with Gasteiger partial charge in [0.15, 0.2) is 5.78 Å². The molecule has 0 aliphatic heterocycles. The van der Waals surface area contributed by atoms with Crippen LogP contribution in [-0.2, 0) is 4.79 Å². The van der Waals surface area contributed by atoms with Gasteiger partial charge in [0.25, 0.3) is 0 Å². The molecule has 0 saturated heterocycles. The van der Waals surface area contributed by atoms with E-state index in [0.29, 0.717) is 17.7 Å². The second-order valence-electron chi connectivity index (χ2n) is 3.55. The summed E-state index contributed by atoms with van der Waals surface area (Å²) in [7, 11) is 1.56. The molecule has 0 aliphatic carbocycles. The Hall–Kier alpha value is -1.81. The van der Waals surface area contributed by atoms with Crippen molar-refractivity contribution in [3.63, 3.8) is 0 Å². The van der Waals surface area contributed by atoms with Crippen LogP contribution in [0.2, 0.25) is 0 Å². The quantitative estimate of drug-likeness (QED) is 0.585. The van der Waals surface area contributed by atoms with Crippen LogP contribution in [0.5, 0.6) is 5.75 Å². The molecule has 0 bridgehead atoms. The molecule has 0 aromatic heterocycles. The number of carbonyl (C=O) groups is 1. The van der Waals surface area contributed by atoms with Gasteiger partial charge in [0.1, 0.15) is 11.5 Å². The molecule has 1 rings (SSSR count). The van der Waals surface area contributed by atoms with Crippen LogP contribution in [0.3, 0.4) is 0 Å². The zero-order chi connectivity index (χ0) is 12.7. The number of aliphatic hydroxyl groups is 2. The lowest BCUT2D eigenvalue weighted by molar-refractivity contribution is -0.114. The van der Waals surface area contributed by atoms with Gasteiger partial charge in [-0.25, -0.2) is 0 Å². The topological polar surface area (TPSA) is 66.8 Å². The Morgan fingerprint density at radius 2 is 2.00 bits per heavy atom. The second kappa shape index (κ2) is 6.70. The maximum atomic E-state index is 11.3. The summed E-state index contributed by atoms with van der Waals surface area (Å²) < 4.78 is 4.99. The molecule has 17 heavy (non-hydrogen) atoms. The first kappa shape index (κ1) is 13.3. The van der Waals surface area contributed by atoms with E-state index in [0.717, 1.165) is 0 Å². The predicted molar refractivity (Wildman–Crippen MR) is 64.9 cm³/mol. The fourth-order valence-electron chi connectivity index (χ4n) is 1.32. The molecule has 1 aromatic rings. The second-order valence-corrected chi connectivity index (χ2v) is 3.55. The van der Waals surface area contributed by atoms with Crippen molar-refractivity contribution in [2.45, 2.75) is 12.8 Å². The first-order chi connectivity index (χ1) is 8.17. The van der Waals surface area contributed by atoms with E-state index in [1.165, 1.54) is 6.08 Å². The van der Waals surface area contributed by atoms with Gasteiger partial charge in [-0.05, 0) is 30.7 Å². The lowest BCUT2D eigenvalue weighted by atomic mass is 10.1. The van der Waals surface area contributed by atoms with E-state index in [2.05, 4.69) is 0 Å². The van der Waals surface area contributed by atoms with E-state index >= 15 is 0 Å². The van der Waals surface area contributed by atoms with E-state index in [4.69, 9.17) is 9.84 Å². The highest BCUT2D eigenvalue weighted by Gasteiger charge is 2.03. The zero-order valence-corrected chi connectivity index (χ0v) is 9.72. The summed E-state index contributed by atoms with van der Waals surface area (Å²) in [5, 5.41) is 18.3. The number of hydrogen-bond acceptors (Lipinski definition) is 4. The van der Waals surface area contributed by atoms with E-state index in [1.54, 1.807) is 31.4 Å². The van der Waals surface area contributed by atoms with Gasteiger partial charge in [0.2, 0.25) is 0 Å². The summed E-state index contributed by atoms with van der Waals surface area (Å²) in [5.41, 5.74) is 0.558. The Kier molecular flexibility index (Phi) is 5.23. The van der Waals surface area contributed by atoms with Gasteiger partial charge < -0.3 is 14.9 Å². The molecule has 92 valence electrons. The molecule has 2 N–H and O–H groups in total. The van der Waals surface area contributed by atoms with Crippen molar-refractivity contribution in [3.05, 3.63) is 35.9 Å². The third-order valence-corrected chi connectivity index (χ3v) is 2.26. The van der Waals surface area contributed by atoms with Crippen molar-refractivity contribution in [1.82, 2.24) is 0 Å². The highest BCUT2D eigenvalue weighted by Crippen LogP contribution is 2.16. The average Bonchev–Trinajstić information content (AvgIpc) is 2.36. The lowest BCUT2D eigenvalue weighted by Crippen LogP contribution is -1.97. The molecule has 0 atom stereocenters. The molecular weight excluding hydrogens is 220 g/mol. The zero-order valence-electron chi connectivity index (χ0n) is 9.72. The molecule has 0 fully saturated rings. The number of ether oxygens (including phenoxy) is 1. The van der Waals surface area contributed by atoms with Crippen molar-refractivity contribution in [2.75, 3.05) is 13.7 Å². The number of hydrogen-bond donors (Lipinski definition) is 2. The number of allylic oxidation sites excluding steroid dienone is 1. The number of methoxy groups -OCH3 is 1. The molecule has 0 unspecified atom stereocenters. The monoisotopic (exact) mass is 236 g/mol. The Morgan fingerprint density at radius 3 is 2.53 bits per heavy atom. The van der Waals surface area contributed by atoms with Crippen LogP contribution >= 0.6 is 0 Å². The van der Waals surface area contributed by atoms with Gasteiger partial charge in [0.05, 0.1) is 7.11 Å². The number of aliphatic hydroxyl groups excluding tert-OH is 2. The molecule has 4 heteroatoms. The number of ketones is 1. The van der Waals surface area contributed by atoms with Crippen molar-refractivity contribution in [1.29, 1.82) is 0 Å². The van der Waals surface area contributed by atoms with Crippen LogP contribution in [-0.4, -0.2) is 29.7 Å². The molecule has 0 amide bonds. The van der Waals surface area contributed by atoms with Crippen LogP contribution in [0.15, 0.2) is 30.3 Å². The van der Waals surface area contributed by atoms with E-state index in [1.807, 2.05) is 0 Å². The van der Waals surface area contributed by atoms with Gasteiger partial charge in [-0.15, -0.1) is 0 Å². The minimum absolute atomic E-state index is 0.0249. The molecule has 0 spiro atoms. The van der Waals surface area contributed by atoms with Gasteiger partial charge >= 0.3 is 0 Å². The average molecular weight is 236 g/mol. The Balaban J connectivity index is 2.70. The molecule has 0 heterocycles. The van der Waals surface area contributed by atoms with Crippen LogP contribution in [0, 0.1) is 0 Å². The van der Waals surface area contributed by atoms with Crippen LogP contribution in [0.1, 0.15) is 18.4 Å². The lowest BCUT2D eigenvalue weighted by Gasteiger charge is -2.02. The number of carbonyl (C=O) groups excluding carboxylic acids is 1. The van der Waals surface area contributed by atoms with Crippen LogP contribution < -0.4 is 4.74 Å². The summed E-state index contributed by atoms with van der Waals surface area (Å²) in [6, 6.07) is 6.75. The normalized spacial score (nSPS) is 11.3. The van der Waals surface area contributed by atoms with E-state index in [9.17, 15) is 9.90 Å². The van der Waals surface area contributed by atoms with Gasteiger partial charge in [-0.1, -0.05) is 0 Å². The minimum Gasteiger partial charge on any atom is -0.507 e. The number of rotatable bonds is 6. The van der Waals surface area contributed by atoms with Gasteiger partial charge in [0, 0.05) is 24.7 Å². The molecule has 0 aliphatic rings. The maximum absolute atomic E-state index is 11.3. The summed E-state index contributed by atoms with van der Waals surface area (Å²) >= 11 is 0. The molecule has 0 saturated carbocycles. The standard InChI is InChI=1S/C13H16O4/c1-17-12-6-4-10(5-7-12)13(16)9-11(15)3-2-8-14/h4-7,9,14,16H,2-3,8H2,1H3. The maximum Gasteiger partial charge on any atom is 0.159 e. The summed E-state index contributed by atoms with van der Waals surface area (Å²) in [5.74, 6) is 0.413. The predicted octanol–water partition coefficient (Wildman–Crippen LogP) is 1.94. The smallest absolute Gasteiger partial charge is 0.159 e. The first-order valence-electron chi connectivity index (χ1n) is 5.36. The summed E-state index contributed by atoms with van der Waals surface area (Å²) in [6.07, 6.45) is 1.82. The number of benzene rings is 1. The highest BCUT2D eigenvalue weighted by molar-refractivity contribution is 5.95. The van der Waals surface area contributed by atoms with Gasteiger partial charge in [-0.3, -0.25) is 4.79 Å².